The van der Waals surface area contributed by atoms with E-state index in [1.807, 2.05) is 0 Å². The summed E-state index contributed by atoms with van der Waals surface area (Å²) >= 11 is 1.10. The Morgan fingerprint density at radius 2 is 1.71 bits per heavy atom. The minimum atomic E-state index is -0.652. The van der Waals surface area contributed by atoms with E-state index < -0.39 is 11.9 Å². The first kappa shape index (κ1) is 17.2. The number of nitrogens with one attached hydrogen (secondary N) is 1. The van der Waals surface area contributed by atoms with E-state index in [1.54, 1.807) is 27.7 Å². The average Bonchev–Trinajstić information content (AvgIpc) is 2.82. The minimum absolute atomic E-state index is 0.0503. The summed E-state index contributed by atoms with van der Waals surface area (Å²) in [6, 6.07) is 0. The van der Waals surface area contributed by atoms with Gasteiger partial charge in [0.25, 0.3) is 0 Å². The molecule has 1 aromatic rings. The molecular formula is C14H19NO5S. The maximum atomic E-state index is 12.0. The highest BCUT2D eigenvalue weighted by molar-refractivity contribution is 7.15. The van der Waals surface area contributed by atoms with Crippen LogP contribution in [0.25, 0.3) is 0 Å². The van der Waals surface area contributed by atoms with Crippen LogP contribution in [0, 0.1) is 5.92 Å². The van der Waals surface area contributed by atoms with Gasteiger partial charge < -0.3 is 14.8 Å². The SMILES string of the molecule is CCOC(=O)c1csc(NC(=O)C(C)C)c1C(=O)OCC. The zero-order valence-corrected chi connectivity index (χ0v) is 13.3. The summed E-state index contributed by atoms with van der Waals surface area (Å²) in [6.45, 7) is 7.19. The van der Waals surface area contributed by atoms with Gasteiger partial charge in [0.15, 0.2) is 0 Å². The van der Waals surface area contributed by atoms with Crippen LogP contribution in [0.4, 0.5) is 5.00 Å². The van der Waals surface area contributed by atoms with Crippen molar-refractivity contribution in [3.8, 4) is 0 Å². The number of hydrogen-bond acceptors (Lipinski definition) is 6. The molecule has 0 spiro atoms. The van der Waals surface area contributed by atoms with Crippen molar-refractivity contribution < 1.29 is 23.9 Å². The van der Waals surface area contributed by atoms with Crippen LogP contribution >= 0.6 is 11.3 Å². The van der Waals surface area contributed by atoms with Crippen LogP contribution in [-0.2, 0) is 14.3 Å². The monoisotopic (exact) mass is 313 g/mol. The molecule has 0 unspecified atom stereocenters. The van der Waals surface area contributed by atoms with Gasteiger partial charge in [-0.3, -0.25) is 4.79 Å². The van der Waals surface area contributed by atoms with E-state index in [9.17, 15) is 14.4 Å². The molecule has 0 fully saturated rings. The van der Waals surface area contributed by atoms with Gasteiger partial charge >= 0.3 is 11.9 Å². The van der Waals surface area contributed by atoms with Crippen LogP contribution in [0.5, 0.6) is 0 Å². The molecule has 1 N–H and O–H groups in total. The first-order chi connectivity index (χ1) is 9.92. The number of amides is 1. The molecule has 7 heteroatoms. The molecule has 0 atom stereocenters. The normalized spacial score (nSPS) is 10.3. The zero-order chi connectivity index (χ0) is 16.0. The lowest BCUT2D eigenvalue weighted by molar-refractivity contribution is -0.118. The highest BCUT2D eigenvalue weighted by Gasteiger charge is 2.26. The predicted octanol–water partition coefficient (Wildman–Crippen LogP) is 2.70. The molecule has 1 heterocycles. The molecule has 0 saturated carbocycles. The van der Waals surface area contributed by atoms with Gasteiger partial charge in [-0.2, -0.15) is 0 Å². The van der Waals surface area contributed by atoms with Crippen molar-refractivity contribution in [2.24, 2.45) is 5.92 Å². The molecule has 0 aliphatic rings. The van der Waals surface area contributed by atoms with Crippen molar-refractivity contribution >= 4 is 34.2 Å². The molecule has 1 aromatic heterocycles. The smallest absolute Gasteiger partial charge is 0.342 e. The summed E-state index contributed by atoms with van der Waals surface area (Å²) in [5.41, 5.74) is 0.161. The first-order valence-corrected chi connectivity index (χ1v) is 7.56. The van der Waals surface area contributed by atoms with E-state index in [1.165, 1.54) is 5.38 Å². The predicted molar refractivity (Wildman–Crippen MR) is 79.7 cm³/mol. The fourth-order valence-corrected chi connectivity index (χ4v) is 2.39. The fourth-order valence-electron chi connectivity index (χ4n) is 1.47. The number of rotatable bonds is 6. The Labute approximate surface area is 127 Å². The molecule has 0 aliphatic heterocycles. The zero-order valence-electron chi connectivity index (χ0n) is 12.5. The van der Waals surface area contributed by atoms with E-state index in [0.717, 1.165) is 11.3 Å². The second-order valence-electron chi connectivity index (χ2n) is 4.44. The van der Waals surface area contributed by atoms with Gasteiger partial charge in [0.1, 0.15) is 10.6 Å². The Bertz CT molecular complexity index is 535. The molecule has 21 heavy (non-hydrogen) atoms. The summed E-state index contributed by atoms with van der Waals surface area (Å²) < 4.78 is 9.86. The lowest BCUT2D eigenvalue weighted by Gasteiger charge is -2.09. The van der Waals surface area contributed by atoms with Crippen LogP contribution in [0.2, 0.25) is 0 Å². The molecule has 0 aromatic carbocycles. The fraction of sp³-hybridized carbons (Fsp3) is 0.500. The van der Waals surface area contributed by atoms with Crippen molar-refractivity contribution in [2.75, 3.05) is 18.5 Å². The number of carbonyl (C=O) groups excluding carboxylic acids is 3. The van der Waals surface area contributed by atoms with Gasteiger partial charge in [0, 0.05) is 11.3 Å². The van der Waals surface area contributed by atoms with E-state index in [0.29, 0.717) is 5.00 Å². The third-order valence-corrected chi connectivity index (χ3v) is 3.42. The van der Waals surface area contributed by atoms with Crippen molar-refractivity contribution in [2.45, 2.75) is 27.7 Å². The lowest BCUT2D eigenvalue weighted by Crippen LogP contribution is -2.20. The number of ether oxygens (including phenoxy) is 2. The Hall–Kier alpha value is -1.89. The maximum absolute atomic E-state index is 12.0. The summed E-state index contributed by atoms with van der Waals surface area (Å²) in [7, 11) is 0. The quantitative estimate of drug-likeness (QED) is 0.817. The maximum Gasteiger partial charge on any atom is 0.342 e. The van der Waals surface area contributed by atoms with Crippen LogP contribution < -0.4 is 5.32 Å². The van der Waals surface area contributed by atoms with Gasteiger partial charge in [0.2, 0.25) is 5.91 Å². The lowest BCUT2D eigenvalue weighted by atomic mass is 10.1. The average molecular weight is 313 g/mol. The molecule has 1 amide bonds. The second-order valence-corrected chi connectivity index (χ2v) is 5.32. The summed E-state index contributed by atoms with van der Waals surface area (Å²) in [6.07, 6.45) is 0. The molecule has 0 saturated heterocycles. The van der Waals surface area contributed by atoms with Crippen molar-refractivity contribution in [3.05, 3.63) is 16.5 Å². The minimum Gasteiger partial charge on any atom is -0.462 e. The Balaban J connectivity index is 3.16. The standard InChI is InChI=1S/C14H19NO5S/c1-5-19-13(17)9-7-21-12(15-11(16)8(3)4)10(9)14(18)20-6-2/h7-8H,5-6H2,1-4H3,(H,15,16). The van der Waals surface area contributed by atoms with Crippen molar-refractivity contribution in [1.29, 1.82) is 0 Å². The van der Waals surface area contributed by atoms with E-state index in [2.05, 4.69) is 5.32 Å². The molecule has 6 nitrogen and oxygen atoms in total. The van der Waals surface area contributed by atoms with Crippen LogP contribution in [-0.4, -0.2) is 31.1 Å². The summed E-state index contributed by atoms with van der Waals surface area (Å²) in [4.78, 5) is 35.7. The van der Waals surface area contributed by atoms with E-state index >= 15 is 0 Å². The molecule has 116 valence electrons. The van der Waals surface area contributed by atoms with Gasteiger partial charge in [0.05, 0.1) is 18.8 Å². The number of anilines is 1. The Morgan fingerprint density at radius 3 is 2.24 bits per heavy atom. The number of thiophene rings is 1. The highest BCUT2D eigenvalue weighted by Crippen LogP contribution is 2.30. The Kier molecular flexibility index (Phi) is 6.36. The van der Waals surface area contributed by atoms with Gasteiger partial charge in [-0.25, -0.2) is 9.59 Å². The van der Waals surface area contributed by atoms with Crippen LogP contribution in [0.15, 0.2) is 5.38 Å². The largest absolute Gasteiger partial charge is 0.462 e. The van der Waals surface area contributed by atoms with Crippen LogP contribution in [0.1, 0.15) is 48.4 Å². The number of hydrogen-bond donors (Lipinski definition) is 1. The molecule has 0 aliphatic carbocycles. The third kappa shape index (κ3) is 4.29. The van der Waals surface area contributed by atoms with E-state index in [4.69, 9.17) is 9.47 Å². The van der Waals surface area contributed by atoms with Gasteiger partial charge in [-0.1, -0.05) is 13.8 Å². The third-order valence-electron chi connectivity index (χ3n) is 2.53. The molecule has 0 radical (unpaired) electrons. The Morgan fingerprint density at radius 1 is 1.14 bits per heavy atom. The number of carbonyl (C=O) groups is 3. The summed E-state index contributed by atoms with van der Waals surface area (Å²) in [5.74, 6) is -1.74. The van der Waals surface area contributed by atoms with Gasteiger partial charge in [-0.05, 0) is 13.8 Å². The summed E-state index contributed by atoms with van der Waals surface area (Å²) in [5, 5.41) is 4.43. The first-order valence-electron chi connectivity index (χ1n) is 6.68. The van der Waals surface area contributed by atoms with Gasteiger partial charge in [-0.15, -0.1) is 11.3 Å². The molecule has 0 bridgehead atoms. The second kappa shape index (κ2) is 7.78. The molecular weight excluding hydrogens is 294 g/mol. The highest BCUT2D eigenvalue weighted by atomic mass is 32.1. The van der Waals surface area contributed by atoms with Crippen molar-refractivity contribution in [3.63, 3.8) is 0 Å². The topological polar surface area (TPSA) is 81.7 Å². The molecule has 1 rings (SSSR count). The number of esters is 2. The van der Waals surface area contributed by atoms with Crippen LogP contribution in [0.3, 0.4) is 0 Å². The van der Waals surface area contributed by atoms with Crippen molar-refractivity contribution in [1.82, 2.24) is 0 Å². The van der Waals surface area contributed by atoms with E-state index in [-0.39, 0.29) is 36.2 Å².